The van der Waals surface area contributed by atoms with Crippen LogP contribution in [-0.4, -0.2) is 10.3 Å². The normalized spacial score (nSPS) is 10.2. The zero-order chi connectivity index (χ0) is 12.4. The van der Waals surface area contributed by atoms with Crippen LogP contribution < -0.4 is 0 Å². The molecule has 0 saturated carbocycles. The molecule has 1 heterocycles. The lowest BCUT2D eigenvalue weighted by atomic mass is 10.0. The van der Waals surface area contributed by atoms with E-state index in [2.05, 4.69) is 5.16 Å². The van der Waals surface area contributed by atoms with E-state index in [1.165, 1.54) is 0 Å². The van der Waals surface area contributed by atoms with E-state index in [0.29, 0.717) is 17.7 Å². The molecule has 0 atom stereocenters. The molecule has 0 aliphatic rings. The summed E-state index contributed by atoms with van der Waals surface area (Å²) in [5.41, 5.74) is 1.16. The highest BCUT2D eigenvalue weighted by Gasteiger charge is 2.14. The monoisotopic (exact) mass is 232 g/mol. The Hall–Kier alpha value is -2.35. The third kappa shape index (κ3) is 1.97. The molecule has 2 aromatic rings. The van der Waals surface area contributed by atoms with Gasteiger partial charge in [0, 0.05) is 11.6 Å². The molecule has 0 fully saturated rings. The van der Waals surface area contributed by atoms with Crippen LogP contribution in [0.2, 0.25) is 0 Å². The molecule has 0 aliphatic heterocycles. The number of halogens is 1. The minimum Gasteiger partial charge on any atom is -0.505 e. The van der Waals surface area contributed by atoms with Gasteiger partial charge in [-0.15, -0.1) is 0 Å². The van der Waals surface area contributed by atoms with Crippen LogP contribution in [0.5, 0.6) is 5.75 Å². The summed E-state index contributed by atoms with van der Waals surface area (Å²) in [4.78, 5) is 0. The van der Waals surface area contributed by atoms with Crippen molar-refractivity contribution in [3.63, 3.8) is 0 Å². The molecule has 0 saturated heterocycles. The van der Waals surface area contributed by atoms with Gasteiger partial charge in [0.2, 0.25) is 0 Å². The molecule has 17 heavy (non-hydrogen) atoms. The first-order valence-corrected chi connectivity index (χ1v) is 5.04. The average molecular weight is 232 g/mol. The zero-order valence-electron chi connectivity index (χ0n) is 9.07. The lowest BCUT2D eigenvalue weighted by molar-refractivity contribution is 0.420. The highest BCUT2D eigenvalue weighted by atomic mass is 19.1. The van der Waals surface area contributed by atoms with Crippen LogP contribution in [0.25, 0.3) is 11.3 Å². The number of phenols is 1. The maximum Gasteiger partial charge on any atom is 0.168 e. The number of rotatable bonds is 2. The first kappa shape index (κ1) is 11.1. The van der Waals surface area contributed by atoms with E-state index in [-0.39, 0.29) is 5.56 Å². The van der Waals surface area contributed by atoms with Gasteiger partial charge in [-0.05, 0) is 18.6 Å². The van der Waals surface area contributed by atoms with E-state index >= 15 is 0 Å². The predicted octanol–water partition coefficient (Wildman–Crippen LogP) is 2.62. The van der Waals surface area contributed by atoms with E-state index < -0.39 is 11.6 Å². The molecule has 1 N–H and O–H groups in total. The van der Waals surface area contributed by atoms with Gasteiger partial charge in [0.15, 0.2) is 17.3 Å². The highest BCUT2D eigenvalue weighted by molar-refractivity contribution is 5.68. The van der Waals surface area contributed by atoms with Crippen molar-refractivity contribution in [3.05, 3.63) is 35.3 Å². The SMILES string of the molecule is CCc1cc(-c2cc(O)c(F)cc2C#N)on1. The Morgan fingerprint density at radius 3 is 2.82 bits per heavy atom. The average Bonchev–Trinajstić information content (AvgIpc) is 2.80. The highest BCUT2D eigenvalue weighted by Crippen LogP contribution is 2.29. The van der Waals surface area contributed by atoms with Gasteiger partial charge in [0.25, 0.3) is 0 Å². The second kappa shape index (κ2) is 4.26. The van der Waals surface area contributed by atoms with Gasteiger partial charge >= 0.3 is 0 Å². The molecule has 0 spiro atoms. The van der Waals surface area contributed by atoms with Crippen molar-refractivity contribution in [2.45, 2.75) is 13.3 Å². The van der Waals surface area contributed by atoms with Crippen LogP contribution in [0.15, 0.2) is 22.7 Å². The van der Waals surface area contributed by atoms with Gasteiger partial charge < -0.3 is 9.63 Å². The molecule has 0 aliphatic carbocycles. The number of aromatic hydroxyl groups is 1. The number of nitriles is 1. The molecule has 0 amide bonds. The van der Waals surface area contributed by atoms with Crippen LogP contribution in [0, 0.1) is 17.1 Å². The van der Waals surface area contributed by atoms with Crippen LogP contribution in [0.1, 0.15) is 18.2 Å². The fraction of sp³-hybridized carbons (Fsp3) is 0.167. The first-order chi connectivity index (χ1) is 8.15. The number of hydrogen-bond donors (Lipinski definition) is 1. The van der Waals surface area contributed by atoms with Crippen molar-refractivity contribution in [3.8, 4) is 23.1 Å². The summed E-state index contributed by atoms with van der Waals surface area (Å²) in [6.45, 7) is 1.91. The number of nitrogens with zero attached hydrogens (tertiary/aromatic N) is 2. The third-order valence-corrected chi connectivity index (χ3v) is 2.39. The summed E-state index contributed by atoms with van der Waals surface area (Å²) >= 11 is 0. The van der Waals surface area contributed by atoms with Crippen molar-refractivity contribution < 1.29 is 14.0 Å². The van der Waals surface area contributed by atoms with E-state index in [0.717, 1.165) is 17.8 Å². The van der Waals surface area contributed by atoms with Gasteiger partial charge in [-0.3, -0.25) is 0 Å². The molecule has 0 radical (unpaired) electrons. The van der Waals surface area contributed by atoms with Crippen LogP contribution in [0.3, 0.4) is 0 Å². The number of phenolic OH excluding ortho intramolecular Hbond substituents is 1. The summed E-state index contributed by atoms with van der Waals surface area (Å²) in [6.07, 6.45) is 0.693. The topological polar surface area (TPSA) is 70.0 Å². The Morgan fingerprint density at radius 2 is 2.24 bits per heavy atom. The number of aromatic nitrogens is 1. The summed E-state index contributed by atoms with van der Waals surface area (Å²) in [5, 5.41) is 22.0. The largest absolute Gasteiger partial charge is 0.505 e. The van der Waals surface area contributed by atoms with Crippen molar-refractivity contribution in [2.75, 3.05) is 0 Å². The fourth-order valence-electron chi connectivity index (χ4n) is 1.46. The van der Waals surface area contributed by atoms with Crippen LogP contribution in [0.4, 0.5) is 4.39 Å². The zero-order valence-corrected chi connectivity index (χ0v) is 9.07. The molecule has 1 aromatic carbocycles. The maximum absolute atomic E-state index is 13.1. The molecule has 1 aromatic heterocycles. The van der Waals surface area contributed by atoms with Crippen LogP contribution in [-0.2, 0) is 6.42 Å². The van der Waals surface area contributed by atoms with E-state index in [4.69, 9.17) is 9.78 Å². The predicted molar refractivity (Wildman–Crippen MR) is 57.7 cm³/mol. The second-order valence-electron chi connectivity index (χ2n) is 3.50. The Labute approximate surface area is 96.9 Å². The van der Waals surface area contributed by atoms with Crippen molar-refractivity contribution in [2.24, 2.45) is 0 Å². The maximum atomic E-state index is 13.1. The molecule has 0 unspecified atom stereocenters. The lowest BCUT2D eigenvalue weighted by Gasteiger charge is -2.01. The third-order valence-electron chi connectivity index (χ3n) is 2.39. The Morgan fingerprint density at radius 1 is 1.47 bits per heavy atom. The minimum atomic E-state index is -0.833. The van der Waals surface area contributed by atoms with Crippen molar-refractivity contribution in [1.29, 1.82) is 5.26 Å². The molecule has 2 rings (SSSR count). The molecule has 86 valence electrons. The fourth-order valence-corrected chi connectivity index (χ4v) is 1.46. The smallest absolute Gasteiger partial charge is 0.168 e. The first-order valence-electron chi connectivity index (χ1n) is 5.04. The van der Waals surface area contributed by atoms with E-state index in [1.54, 1.807) is 6.07 Å². The summed E-state index contributed by atoms with van der Waals surface area (Å²) in [7, 11) is 0. The summed E-state index contributed by atoms with van der Waals surface area (Å²) < 4.78 is 18.1. The van der Waals surface area contributed by atoms with Gasteiger partial charge in [-0.25, -0.2) is 4.39 Å². The van der Waals surface area contributed by atoms with Gasteiger partial charge in [0.1, 0.15) is 6.07 Å². The van der Waals surface area contributed by atoms with Gasteiger partial charge in [0.05, 0.1) is 11.3 Å². The minimum absolute atomic E-state index is 0.0964. The second-order valence-corrected chi connectivity index (χ2v) is 3.50. The molecular weight excluding hydrogens is 223 g/mol. The van der Waals surface area contributed by atoms with E-state index in [9.17, 15) is 9.50 Å². The van der Waals surface area contributed by atoms with Gasteiger partial charge in [-0.1, -0.05) is 12.1 Å². The molecule has 4 nitrogen and oxygen atoms in total. The molecule has 5 heteroatoms. The molecular formula is C12H9FN2O2. The Balaban J connectivity index is 2.58. The lowest BCUT2D eigenvalue weighted by Crippen LogP contribution is -1.86. The van der Waals surface area contributed by atoms with Gasteiger partial charge in [-0.2, -0.15) is 5.26 Å². The molecule has 0 bridgehead atoms. The number of benzene rings is 1. The van der Waals surface area contributed by atoms with E-state index in [1.807, 2.05) is 13.0 Å². The number of aryl methyl sites for hydroxylation is 1. The summed E-state index contributed by atoms with van der Waals surface area (Å²) in [5.74, 6) is -1.01. The standard InChI is InChI=1S/C12H9FN2O2/c1-2-8-4-12(17-15-8)9-5-11(16)10(13)3-7(9)6-14/h3-5,16H,2H2,1H3. The quantitative estimate of drug-likeness (QED) is 0.863. The van der Waals surface area contributed by atoms with Crippen molar-refractivity contribution in [1.82, 2.24) is 5.16 Å². The van der Waals surface area contributed by atoms with Crippen LogP contribution >= 0.6 is 0 Å². The Bertz CT molecular complexity index is 599. The summed E-state index contributed by atoms with van der Waals surface area (Å²) in [6, 6.07) is 5.64. The number of hydrogen-bond acceptors (Lipinski definition) is 4. The Kier molecular flexibility index (Phi) is 2.79. The van der Waals surface area contributed by atoms with Crippen molar-refractivity contribution >= 4 is 0 Å².